The van der Waals surface area contributed by atoms with Gasteiger partial charge in [0.1, 0.15) is 5.69 Å². The van der Waals surface area contributed by atoms with Gasteiger partial charge in [0.15, 0.2) is 0 Å². The second kappa shape index (κ2) is 6.36. The van der Waals surface area contributed by atoms with Gasteiger partial charge in [-0.2, -0.15) is 0 Å². The Bertz CT molecular complexity index is 552. The smallest absolute Gasteiger partial charge is 0.310 e. The van der Waals surface area contributed by atoms with Crippen LogP contribution in [0.5, 0.6) is 0 Å². The molecule has 1 unspecified atom stereocenters. The normalized spacial score (nSPS) is 18.6. The van der Waals surface area contributed by atoms with Gasteiger partial charge < -0.3 is 14.6 Å². The molecule has 1 atom stereocenters. The van der Waals surface area contributed by atoms with Crippen LogP contribution in [0.15, 0.2) is 23.0 Å². The molecule has 0 saturated carbocycles. The summed E-state index contributed by atoms with van der Waals surface area (Å²) in [6, 6.07) is 4.46. The molecule has 0 radical (unpaired) electrons. The van der Waals surface area contributed by atoms with Crippen LogP contribution in [0.4, 0.5) is 0 Å². The first kappa shape index (κ1) is 14.3. The van der Waals surface area contributed by atoms with Crippen LogP contribution in [-0.4, -0.2) is 41.5 Å². The molecule has 2 rings (SSSR count). The van der Waals surface area contributed by atoms with Crippen LogP contribution in [0.1, 0.15) is 30.3 Å². The number of nitrogens with zero attached hydrogens (tertiary/aromatic N) is 1. The Kier molecular flexibility index (Phi) is 4.55. The van der Waals surface area contributed by atoms with Gasteiger partial charge in [0.2, 0.25) is 5.56 Å². The molecule has 1 aliphatic heterocycles. The first-order chi connectivity index (χ1) is 9.61. The van der Waals surface area contributed by atoms with Gasteiger partial charge in [-0.3, -0.25) is 14.4 Å². The highest BCUT2D eigenvalue weighted by molar-refractivity contribution is 5.92. The Morgan fingerprint density at radius 1 is 1.45 bits per heavy atom. The molecule has 1 fully saturated rings. The highest BCUT2D eigenvalue weighted by Crippen LogP contribution is 2.19. The van der Waals surface area contributed by atoms with Crippen molar-refractivity contribution < 1.29 is 14.3 Å². The van der Waals surface area contributed by atoms with Gasteiger partial charge in [0, 0.05) is 19.2 Å². The fraction of sp³-hybridized carbons (Fsp3) is 0.500. The predicted octanol–water partition coefficient (Wildman–Crippen LogP) is 0.790. The van der Waals surface area contributed by atoms with Gasteiger partial charge in [-0.25, -0.2) is 0 Å². The lowest BCUT2D eigenvalue weighted by Gasteiger charge is -2.31. The van der Waals surface area contributed by atoms with Crippen molar-refractivity contribution in [2.75, 3.05) is 19.7 Å². The van der Waals surface area contributed by atoms with Gasteiger partial charge >= 0.3 is 5.97 Å². The molecule has 1 N–H and O–H groups in total. The number of rotatable bonds is 3. The number of hydrogen-bond acceptors (Lipinski definition) is 4. The maximum atomic E-state index is 12.3. The number of likely N-dealkylation sites (tertiary alicyclic amines) is 1. The average Bonchev–Trinajstić information content (AvgIpc) is 2.47. The number of pyridine rings is 1. The average molecular weight is 278 g/mol. The fourth-order valence-electron chi connectivity index (χ4n) is 2.36. The minimum absolute atomic E-state index is 0.252. The third-order valence-electron chi connectivity index (χ3n) is 3.33. The molecule has 20 heavy (non-hydrogen) atoms. The molecule has 1 aromatic heterocycles. The summed E-state index contributed by atoms with van der Waals surface area (Å²) in [5.41, 5.74) is -0.0585. The molecule has 108 valence electrons. The van der Waals surface area contributed by atoms with E-state index in [2.05, 4.69) is 4.98 Å². The maximum Gasteiger partial charge on any atom is 0.310 e. The molecule has 2 heterocycles. The molecule has 1 aliphatic rings. The van der Waals surface area contributed by atoms with E-state index in [-0.39, 0.29) is 29.0 Å². The van der Waals surface area contributed by atoms with Crippen LogP contribution < -0.4 is 5.56 Å². The van der Waals surface area contributed by atoms with E-state index in [1.807, 2.05) is 0 Å². The van der Waals surface area contributed by atoms with Gasteiger partial charge in [0.25, 0.3) is 5.91 Å². The third kappa shape index (κ3) is 3.26. The lowest BCUT2D eigenvalue weighted by molar-refractivity contribution is -0.149. The first-order valence-corrected chi connectivity index (χ1v) is 6.77. The zero-order valence-corrected chi connectivity index (χ0v) is 11.4. The number of esters is 1. The molecule has 0 aromatic carbocycles. The molecule has 6 nitrogen and oxygen atoms in total. The van der Waals surface area contributed by atoms with Crippen LogP contribution in [0.25, 0.3) is 0 Å². The lowest BCUT2D eigenvalue weighted by Crippen LogP contribution is -2.43. The van der Waals surface area contributed by atoms with Crippen LogP contribution >= 0.6 is 0 Å². The molecular weight excluding hydrogens is 260 g/mol. The van der Waals surface area contributed by atoms with Crippen LogP contribution in [0.2, 0.25) is 0 Å². The van der Waals surface area contributed by atoms with E-state index in [1.54, 1.807) is 24.0 Å². The lowest BCUT2D eigenvalue weighted by atomic mass is 9.98. The van der Waals surface area contributed by atoms with Gasteiger partial charge in [-0.15, -0.1) is 0 Å². The van der Waals surface area contributed by atoms with Gasteiger partial charge in [-0.05, 0) is 25.8 Å². The molecule has 1 amide bonds. The highest BCUT2D eigenvalue weighted by Gasteiger charge is 2.29. The Balaban J connectivity index is 2.07. The van der Waals surface area contributed by atoms with Crippen molar-refractivity contribution in [1.82, 2.24) is 9.88 Å². The minimum Gasteiger partial charge on any atom is -0.466 e. The van der Waals surface area contributed by atoms with E-state index in [1.165, 1.54) is 6.07 Å². The van der Waals surface area contributed by atoms with Gasteiger partial charge in [-0.1, -0.05) is 6.07 Å². The van der Waals surface area contributed by atoms with Crippen molar-refractivity contribution in [2.45, 2.75) is 19.8 Å². The number of carbonyl (C=O) groups is 2. The summed E-state index contributed by atoms with van der Waals surface area (Å²) >= 11 is 0. The molecule has 0 bridgehead atoms. The maximum absolute atomic E-state index is 12.3. The van der Waals surface area contributed by atoms with Crippen LogP contribution in [-0.2, 0) is 9.53 Å². The summed E-state index contributed by atoms with van der Waals surface area (Å²) in [5.74, 6) is -0.786. The quantitative estimate of drug-likeness (QED) is 0.829. The van der Waals surface area contributed by atoms with E-state index in [4.69, 9.17) is 4.74 Å². The van der Waals surface area contributed by atoms with Crippen molar-refractivity contribution in [3.63, 3.8) is 0 Å². The monoisotopic (exact) mass is 278 g/mol. The van der Waals surface area contributed by atoms with E-state index < -0.39 is 0 Å². The number of amides is 1. The summed E-state index contributed by atoms with van der Waals surface area (Å²) in [6.07, 6.45) is 1.49. The van der Waals surface area contributed by atoms with Crippen molar-refractivity contribution in [3.8, 4) is 0 Å². The van der Waals surface area contributed by atoms with Crippen LogP contribution in [0.3, 0.4) is 0 Å². The zero-order valence-electron chi connectivity index (χ0n) is 11.4. The summed E-state index contributed by atoms with van der Waals surface area (Å²) in [7, 11) is 0. The van der Waals surface area contributed by atoms with Crippen molar-refractivity contribution in [1.29, 1.82) is 0 Å². The third-order valence-corrected chi connectivity index (χ3v) is 3.33. The topological polar surface area (TPSA) is 79.5 Å². The summed E-state index contributed by atoms with van der Waals surface area (Å²) < 4.78 is 5.00. The summed E-state index contributed by atoms with van der Waals surface area (Å²) in [5, 5.41) is 0. The number of carbonyl (C=O) groups excluding carboxylic acids is 2. The number of nitrogens with one attached hydrogen (secondary N) is 1. The van der Waals surface area contributed by atoms with Crippen molar-refractivity contribution >= 4 is 11.9 Å². The molecule has 1 saturated heterocycles. The summed E-state index contributed by atoms with van der Waals surface area (Å²) in [6.45, 7) is 3.04. The number of piperidine rings is 1. The summed E-state index contributed by atoms with van der Waals surface area (Å²) in [4.78, 5) is 39.4. The number of aromatic amines is 1. The van der Waals surface area contributed by atoms with E-state index >= 15 is 0 Å². The van der Waals surface area contributed by atoms with Gasteiger partial charge in [0.05, 0.1) is 12.5 Å². The Morgan fingerprint density at radius 3 is 2.95 bits per heavy atom. The number of H-pyrrole nitrogens is 1. The van der Waals surface area contributed by atoms with Crippen molar-refractivity contribution in [2.24, 2.45) is 5.92 Å². The first-order valence-electron chi connectivity index (χ1n) is 6.77. The minimum atomic E-state index is -0.310. The van der Waals surface area contributed by atoms with E-state index in [0.29, 0.717) is 19.7 Å². The van der Waals surface area contributed by atoms with Crippen molar-refractivity contribution in [3.05, 3.63) is 34.2 Å². The standard InChI is InChI=1S/C14H18N2O4/c1-2-20-14(19)10-5-4-8-16(9-10)13(18)11-6-3-7-12(17)15-11/h3,6-7,10H,2,4-5,8-9H2,1H3,(H,15,17). The molecule has 6 heteroatoms. The molecule has 0 aliphatic carbocycles. The molecular formula is C14H18N2O4. The predicted molar refractivity (Wildman–Crippen MR) is 72.3 cm³/mol. The molecule has 0 spiro atoms. The molecule has 1 aromatic rings. The van der Waals surface area contributed by atoms with Crippen LogP contribution in [0, 0.1) is 5.92 Å². The largest absolute Gasteiger partial charge is 0.466 e. The Morgan fingerprint density at radius 2 is 2.25 bits per heavy atom. The SMILES string of the molecule is CCOC(=O)C1CCCN(C(=O)c2cccc(=O)[nH]2)C1. The Hall–Kier alpha value is -2.11. The second-order valence-corrected chi connectivity index (χ2v) is 4.77. The van der Waals surface area contributed by atoms with E-state index in [9.17, 15) is 14.4 Å². The second-order valence-electron chi connectivity index (χ2n) is 4.77. The number of hydrogen-bond donors (Lipinski definition) is 1. The highest BCUT2D eigenvalue weighted by atomic mass is 16.5. The number of aromatic nitrogens is 1. The Labute approximate surface area is 116 Å². The zero-order chi connectivity index (χ0) is 14.5. The number of ether oxygens (including phenoxy) is 1. The van der Waals surface area contributed by atoms with E-state index in [0.717, 1.165) is 12.8 Å². The fourth-order valence-corrected chi connectivity index (χ4v) is 2.36.